The molecule has 0 fully saturated rings. The summed E-state index contributed by atoms with van der Waals surface area (Å²) in [5.41, 5.74) is 6.50. The average Bonchev–Trinajstić information content (AvgIpc) is 3.33. The predicted octanol–water partition coefficient (Wildman–Crippen LogP) is 1.92. The molecule has 3 rings (SSSR count). The van der Waals surface area contributed by atoms with Gasteiger partial charge in [0, 0.05) is 18.4 Å². The van der Waals surface area contributed by atoms with Crippen molar-refractivity contribution in [2.75, 3.05) is 5.75 Å². The van der Waals surface area contributed by atoms with Crippen molar-refractivity contribution in [3.63, 3.8) is 0 Å². The average molecular weight is 501 g/mol. The minimum absolute atomic E-state index is 0.0592. The molecule has 0 aliphatic heterocycles. The van der Waals surface area contributed by atoms with E-state index in [4.69, 9.17) is 10.2 Å². The zero-order valence-electron chi connectivity index (χ0n) is 19.0. The Labute approximate surface area is 203 Å². The minimum Gasteiger partial charge on any atom is -0.418 e. The number of nitrogens with two attached hydrogens (primary N) is 1. The lowest BCUT2D eigenvalue weighted by Crippen LogP contribution is -2.40. The highest BCUT2D eigenvalue weighted by Crippen LogP contribution is 2.24. The monoisotopic (exact) mass is 500 g/mol. The highest BCUT2D eigenvalue weighted by atomic mass is 32.2. The fourth-order valence-corrected chi connectivity index (χ4v) is 4.80. The van der Waals surface area contributed by atoms with Crippen LogP contribution < -0.4 is 11.1 Å². The number of sulfone groups is 1. The molecule has 0 radical (unpaired) electrons. The van der Waals surface area contributed by atoms with Crippen LogP contribution in [0.2, 0.25) is 0 Å². The van der Waals surface area contributed by atoms with Gasteiger partial charge in [-0.3, -0.25) is 9.59 Å². The normalized spacial score (nSPS) is 13.2. The summed E-state index contributed by atoms with van der Waals surface area (Å²) in [5.74, 6) is -1.50. The summed E-state index contributed by atoms with van der Waals surface area (Å²) in [7, 11) is -3.52. The molecule has 0 saturated carbocycles. The van der Waals surface area contributed by atoms with Crippen LogP contribution in [0.3, 0.4) is 0 Å². The van der Waals surface area contributed by atoms with E-state index in [-0.39, 0.29) is 42.5 Å². The Morgan fingerprint density at radius 2 is 1.66 bits per heavy atom. The molecule has 11 heteroatoms. The molecule has 2 atom stereocenters. The van der Waals surface area contributed by atoms with Gasteiger partial charge < -0.3 is 20.6 Å². The highest BCUT2D eigenvalue weighted by Gasteiger charge is 2.28. The molecule has 10 nitrogen and oxygen atoms in total. The molecule has 0 aliphatic rings. The van der Waals surface area contributed by atoms with Crippen molar-refractivity contribution in [1.82, 2.24) is 15.5 Å². The van der Waals surface area contributed by atoms with E-state index in [9.17, 15) is 23.1 Å². The van der Waals surface area contributed by atoms with E-state index < -0.39 is 33.8 Å². The quantitative estimate of drug-likeness (QED) is 0.320. The van der Waals surface area contributed by atoms with Crippen LogP contribution in [0.4, 0.5) is 0 Å². The topological polar surface area (TPSA) is 165 Å². The Hall–Kier alpha value is -3.57. The van der Waals surface area contributed by atoms with Gasteiger partial charge in [-0.1, -0.05) is 48.5 Å². The summed E-state index contributed by atoms with van der Waals surface area (Å²) < 4.78 is 30.4. The van der Waals surface area contributed by atoms with Crippen molar-refractivity contribution in [2.45, 2.75) is 43.6 Å². The van der Waals surface area contributed by atoms with Gasteiger partial charge in [-0.05, 0) is 30.5 Å². The predicted molar refractivity (Wildman–Crippen MR) is 128 cm³/mol. The van der Waals surface area contributed by atoms with Crippen LogP contribution in [0.5, 0.6) is 0 Å². The van der Waals surface area contributed by atoms with E-state index in [2.05, 4.69) is 15.5 Å². The van der Waals surface area contributed by atoms with Gasteiger partial charge in [0.25, 0.3) is 0 Å². The number of benzene rings is 2. The van der Waals surface area contributed by atoms with Crippen LogP contribution >= 0.6 is 0 Å². The van der Waals surface area contributed by atoms with E-state index in [1.807, 2.05) is 6.07 Å². The van der Waals surface area contributed by atoms with Gasteiger partial charge in [0.2, 0.25) is 23.6 Å². The van der Waals surface area contributed by atoms with Gasteiger partial charge in [0.15, 0.2) is 15.9 Å². The van der Waals surface area contributed by atoms with Crippen molar-refractivity contribution in [3.05, 3.63) is 72.1 Å². The number of aliphatic hydroxyl groups excluding tert-OH is 1. The standard InChI is InChI=1S/C24H28N4O6S/c25-20(29)13-7-12-19(22(31)24-28-27-23(34-24)18-10-5-2-6-11-18)26-21(30)14-15-35(32,33)16-17-8-3-1-4-9-17/h1-6,8-11,19,22,31H,7,12-16H2,(H2,25,29)(H,26,30). The summed E-state index contributed by atoms with van der Waals surface area (Å²) in [4.78, 5) is 23.7. The van der Waals surface area contributed by atoms with E-state index in [1.165, 1.54) is 0 Å². The maximum absolute atomic E-state index is 12.6. The summed E-state index contributed by atoms with van der Waals surface area (Å²) in [6, 6.07) is 16.8. The first kappa shape index (κ1) is 26.0. The molecule has 186 valence electrons. The van der Waals surface area contributed by atoms with E-state index >= 15 is 0 Å². The van der Waals surface area contributed by atoms with Gasteiger partial charge in [-0.2, -0.15) is 0 Å². The van der Waals surface area contributed by atoms with E-state index in [1.54, 1.807) is 54.6 Å². The molecule has 2 aromatic carbocycles. The molecule has 3 aromatic rings. The SMILES string of the molecule is NC(=O)CCCC(NC(=O)CCS(=O)(=O)Cc1ccccc1)C(O)c1nnc(-c2ccccc2)o1. The number of aromatic nitrogens is 2. The third-order valence-electron chi connectivity index (χ3n) is 5.25. The highest BCUT2D eigenvalue weighted by molar-refractivity contribution is 7.90. The summed E-state index contributed by atoms with van der Waals surface area (Å²) >= 11 is 0. The third kappa shape index (κ3) is 8.30. The number of aliphatic hydroxyl groups is 1. The lowest BCUT2D eigenvalue weighted by molar-refractivity contribution is -0.122. The molecule has 0 spiro atoms. The largest absolute Gasteiger partial charge is 0.418 e. The fourth-order valence-electron chi connectivity index (χ4n) is 3.46. The third-order valence-corrected chi connectivity index (χ3v) is 6.85. The Kier molecular flexibility index (Phi) is 9.10. The smallest absolute Gasteiger partial charge is 0.247 e. The van der Waals surface area contributed by atoms with Crippen LogP contribution in [0.15, 0.2) is 65.1 Å². The lowest BCUT2D eigenvalue weighted by Gasteiger charge is -2.22. The van der Waals surface area contributed by atoms with Gasteiger partial charge in [-0.25, -0.2) is 8.42 Å². The van der Waals surface area contributed by atoms with Gasteiger partial charge in [-0.15, -0.1) is 10.2 Å². The molecule has 0 bridgehead atoms. The molecule has 4 N–H and O–H groups in total. The molecular weight excluding hydrogens is 472 g/mol. The second kappa shape index (κ2) is 12.2. The van der Waals surface area contributed by atoms with E-state index in [0.717, 1.165) is 0 Å². The maximum Gasteiger partial charge on any atom is 0.247 e. The summed E-state index contributed by atoms with van der Waals surface area (Å²) in [6.07, 6.45) is -1.10. The number of nitrogens with one attached hydrogen (secondary N) is 1. The van der Waals surface area contributed by atoms with Crippen molar-refractivity contribution in [3.8, 4) is 11.5 Å². The van der Waals surface area contributed by atoms with Crippen molar-refractivity contribution >= 4 is 21.7 Å². The second-order valence-electron chi connectivity index (χ2n) is 8.12. The van der Waals surface area contributed by atoms with Crippen molar-refractivity contribution in [1.29, 1.82) is 0 Å². The summed E-state index contributed by atoms with van der Waals surface area (Å²) in [6.45, 7) is 0. The molecular formula is C24H28N4O6S. The Balaban J connectivity index is 1.64. The zero-order chi connectivity index (χ0) is 25.3. The molecule has 1 heterocycles. The van der Waals surface area contributed by atoms with Crippen LogP contribution in [-0.4, -0.2) is 47.3 Å². The van der Waals surface area contributed by atoms with Crippen LogP contribution in [0.1, 0.15) is 43.2 Å². The number of primary amides is 1. The molecule has 0 saturated heterocycles. The number of amides is 2. The minimum atomic E-state index is -3.52. The molecule has 2 amide bonds. The van der Waals surface area contributed by atoms with Gasteiger partial charge >= 0.3 is 0 Å². The zero-order valence-corrected chi connectivity index (χ0v) is 19.9. The Bertz CT molecular complexity index is 1220. The van der Waals surface area contributed by atoms with Crippen molar-refractivity contribution in [2.24, 2.45) is 5.73 Å². The van der Waals surface area contributed by atoms with E-state index in [0.29, 0.717) is 17.5 Å². The maximum atomic E-state index is 12.6. The van der Waals surface area contributed by atoms with Gasteiger partial charge in [0.05, 0.1) is 17.5 Å². The molecule has 1 aromatic heterocycles. The number of carbonyl (C=O) groups is 2. The van der Waals surface area contributed by atoms with Crippen LogP contribution in [0, 0.1) is 0 Å². The van der Waals surface area contributed by atoms with Crippen LogP contribution in [-0.2, 0) is 25.2 Å². The first-order valence-corrected chi connectivity index (χ1v) is 12.9. The second-order valence-corrected chi connectivity index (χ2v) is 10.3. The number of rotatable bonds is 13. The fraction of sp³-hybridized carbons (Fsp3) is 0.333. The lowest BCUT2D eigenvalue weighted by atomic mass is 10.0. The van der Waals surface area contributed by atoms with Gasteiger partial charge in [0.1, 0.15) is 0 Å². The first-order chi connectivity index (χ1) is 16.7. The molecule has 0 aliphatic carbocycles. The first-order valence-electron chi connectivity index (χ1n) is 11.1. The molecule has 35 heavy (non-hydrogen) atoms. The summed E-state index contributed by atoms with van der Waals surface area (Å²) in [5, 5.41) is 21.3. The van der Waals surface area contributed by atoms with Crippen LogP contribution in [0.25, 0.3) is 11.5 Å². The number of carbonyl (C=O) groups excluding carboxylic acids is 2. The molecule has 2 unspecified atom stereocenters. The number of hydrogen-bond acceptors (Lipinski definition) is 8. The Morgan fingerprint density at radius 1 is 1.00 bits per heavy atom. The Morgan fingerprint density at radius 3 is 2.31 bits per heavy atom. The number of hydrogen-bond donors (Lipinski definition) is 3. The van der Waals surface area contributed by atoms with Crippen molar-refractivity contribution < 1.29 is 27.5 Å². The number of nitrogens with zero attached hydrogens (tertiary/aromatic N) is 2.